The van der Waals surface area contributed by atoms with E-state index in [2.05, 4.69) is 24.5 Å². The van der Waals surface area contributed by atoms with Crippen molar-refractivity contribution in [1.29, 1.82) is 0 Å². The molecule has 0 atom stereocenters. The summed E-state index contributed by atoms with van der Waals surface area (Å²) >= 11 is 0. The fourth-order valence-corrected chi connectivity index (χ4v) is 2.69. The normalized spacial score (nSPS) is 10.4. The highest BCUT2D eigenvalue weighted by Gasteiger charge is 2.05. The number of unbranched alkanes of at least 4 members (excludes halogenated alkanes) is 8. The summed E-state index contributed by atoms with van der Waals surface area (Å²) in [4.78, 5) is 23.5. The van der Waals surface area contributed by atoms with E-state index in [0.29, 0.717) is 24.6 Å². The maximum absolute atomic E-state index is 11.8. The smallest absolute Gasteiger partial charge is 0.411 e. The Morgan fingerprint density at radius 2 is 1.00 bits per heavy atom. The lowest BCUT2D eigenvalue weighted by atomic mass is 10.2. The zero-order valence-corrected chi connectivity index (χ0v) is 17.4. The zero-order chi connectivity index (χ0) is 20.5. The third-order valence-corrected chi connectivity index (χ3v) is 4.34. The van der Waals surface area contributed by atoms with Gasteiger partial charge in [0.25, 0.3) is 0 Å². The van der Waals surface area contributed by atoms with Crippen LogP contribution in [0.1, 0.15) is 78.1 Å². The predicted octanol–water partition coefficient (Wildman–Crippen LogP) is 6.72. The van der Waals surface area contributed by atoms with Crippen molar-refractivity contribution in [1.82, 2.24) is 0 Å². The molecule has 6 heteroatoms. The molecule has 0 aliphatic rings. The van der Waals surface area contributed by atoms with Gasteiger partial charge >= 0.3 is 12.2 Å². The van der Waals surface area contributed by atoms with Gasteiger partial charge < -0.3 is 9.47 Å². The Morgan fingerprint density at radius 1 is 0.643 bits per heavy atom. The lowest BCUT2D eigenvalue weighted by molar-refractivity contribution is 0.158. The van der Waals surface area contributed by atoms with Crippen LogP contribution in [-0.4, -0.2) is 25.4 Å². The molecule has 0 heterocycles. The molecule has 28 heavy (non-hydrogen) atoms. The highest BCUT2D eigenvalue weighted by atomic mass is 16.6. The van der Waals surface area contributed by atoms with Crippen LogP contribution in [0.25, 0.3) is 0 Å². The van der Waals surface area contributed by atoms with Crippen LogP contribution in [0.5, 0.6) is 0 Å². The van der Waals surface area contributed by atoms with E-state index in [1.54, 1.807) is 24.3 Å². The minimum absolute atomic E-state index is 0.430. The maximum atomic E-state index is 11.8. The number of rotatable bonds is 14. The molecular weight excluding hydrogens is 356 g/mol. The van der Waals surface area contributed by atoms with Crippen LogP contribution >= 0.6 is 0 Å². The van der Waals surface area contributed by atoms with Crippen molar-refractivity contribution in [2.45, 2.75) is 78.1 Å². The molecule has 0 aliphatic carbocycles. The van der Waals surface area contributed by atoms with Gasteiger partial charge in [-0.25, -0.2) is 9.59 Å². The number of hydrogen-bond donors (Lipinski definition) is 2. The molecule has 0 saturated carbocycles. The first-order valence-corrected chi connectivity index (χ1v) is 10.6. The third-order valence-electron chi connectivity index (χ3n) is 4.34. The third kappa shape index (κ3) is 12.2. The van der Waals surface area contributed by atoms with Crippen LogP contribution in [0.2, 0.25) is 0 Å². The molecule has 0 radical (unpaired) electrons. The lowest BCUT2D eigenvalue weighted by Crippen LogP contribution is -2.15. The first-order chi connectivity index (χ1) is 13.7. The summed E-state index contributed by atoms with van der Waals surface area (Å²) in [5, 5.41) is 5.36. The molecule has 1 aromatic rings. The number of benzene rings is 1. The van der Waals surface area contributed by atoms with Crippen molar-refractivity contribution >= 4 is 23.6 Å². The monoisotopic (exact) mass is 392 g/mol. The number of anilines is 2. The summed E-state index contributed by atoms with van der Waals surface area (Å²) in [5.74, 6) is 0. The number of amides is 2. The molecule has 6 nitrogen and oxygen atoms in total. The van der Waals surface area contributed by atoms with E-state index in [0.717, 1.165) is 25.7 Å². The van der Waals surface area contributed by atoms with Gasteiger partial charge in [0.1, 0.15) is 0 Å². The van der Waals surface area contributed by atoms with Crippen molar-refractivity contribution in [3.05, 3.63) is 24.3 Å². The van der Waals surface area contributed by atoms with Gasteiger partial charge in [-0.05, 0) is 37.1 Å². The van der Waals surface area contributed by atoms with Crippen LogP contribution in [-0.2, 0) is 9.47 Å². The molecule has 2 amide bonds. The lowest BCUT2D eigenvalue weighted by Gasteiger charge is -2.09. The summed E-state index contributed by atoms with van der Waals surface area (Å²) < 4.78 is 10.3. The van der Waals surface area contributed by atoms with Gasteiger partial charge in [-0.3, -0.25) is 10.6 Å². The molecular formula is C22H36N2O4. The SMILES string of the molecule is CCCCCCCOC(=O)Nc1ccc(NC(=O)OCCCCCCC)cc1. The van der Waals surface area contributed by atoms with Crippen LogP contribution in [0.15, 0.2) is 24.3 Å². The standard InChI is InChI=1S/C22H36N2O4/c1-3-5-7-9-11-17-27-21(25)23-19-13-15-20(16-14-19)24-22(26)28-18-12-10-8-6-4-2/h13-16H,3-12,17-18H2,1-2H3,(H,23,25)(H,24,26). The Hall–Kier alpha value is -2.24. The summed E-state index contributed by atoms with van der Waals surface area (Å²) in [7, 11) is 0. The average Bonchev–Trinajstić information content (AvgIpc) is 2.69. The number of carbonyl (C=O) groups is 2. The van der Waals surface area contributed by atoms with Crippen LogP contribution in [0.4, 0.5) is 21.0 Å². The molecule has 0 saturated heterocycles. The van der Waals surface area contributed by atoms with Crippen LogP contribution in [0, 0.1) is 0 Å². The molecule has 0 fully saturated rings. The van der Waals surface area contributed by atoms with E-state index in [1.807, 2.05) is 0 Å². The summed E-state index contributed by atoms with van der Waals surface area (Å²) in [6.45, 7) is 5.20. The Morgan fingerprint density at radius 3 is 1.36 bits per heavy atom. The average molecular weight is 393 g/mol. The highest BCUT2D eigenvalue weighted by molar-refractivity contribution is 5.87. The van der Waals surface area contributed by atoms with Crippen molar-refractivity contribution in [3.63, 3.8) is 0 Å². The Balaban J connectivity index is 2.18. The van der Waals surface area contributed by atoms with Crippen LogP contribution in [0.3, 0.4) is 0 Å². The molecule has 0 aromatic heterocycles. The van der Waals surface area contributed by atoms with Gasteiger partial charge in [-0.1, -0.05) is 65.2 Å². The zero-order valence-electron chi connectivity index (χ0n) is 17.4. The molecule has 2 N–H and O–H groups in total. The van der Waals surface area contributed by atoms with E-state index < -0.39 is 12.2 Å². The second kappa shape index (κ2) is 15.8. The molecule has 0 bridgehead atoms. The van der Waals surface area contributed by atoms with E-state index in [1.165, 1.54) is 38.5 Å². The molecule has 0 aliphatic heterocycles. The summed E-state index contributed by atoms with van der Waals surface area (Å²) in [5.41, 5.74) is 1.23. The predicted molar refractivity (Wildman–Crippen MR) is 114 cm³/mol. The Labute approximate surface area is 169 Å². The van der Waals surface area contributed by atoms with Crippen molar-refractivity contribution < 1.29 is 19.1 Å². The Bertz CT molecular complexity index is 497. The van der Waals surface area contributed by atoms with Gasteiger partial charge in [0, 0.05) is 11.4 Å². The minimum atomic E-state index is -0.460. The van der Waals surface area contributed by atoms with E-state index >= 15 is 0 Å². The summed E-state index contributed by atoms with van der Waals surface area (Å²) in [6.07, 6.45) is 10.2. The van der Waals surface area contributed by atoms with E-state index in [-0.39, 0.29) is 0 Å². The van der Waals surface area contributed by atoms with Crippen molar-refractivity contribution in [2.75, 3.05) is 23.8 Å². The fourth-order valence-electron chi connectivity index (χ4n) is 2.69. The largest absolute Gasteiger partial charge is 0.449 e. The van der Waals surface area contributed by atoms with Gasteiger partial charge in [-0.15, -0.1) is 0 Å². The molecule has 1 rings (SSSR count). The van der Waals surface area contributed by atoms with Gasteiger partial charge in [0.2, 0.25) is 0 Å². The maximum Gasteiger partial charge on any atom is 0.411 e. The Kier molecular flexibility index (Phi) is 13.4. The molecule has 0 spiro atoms. The first kappa shape index (κ1) is 23.8. The summed E-state index contributed by atoms with van der Waals surface area (Å²) in [6, 6.07) is 6.84. The van der Waals surface area contributed by atoms with Gasteiger partial charge in [-0.2, -0.15) is 0 Å². The number of carbonyl (C=O) groups excluding carboxylic acids is 2. The van der Waals surface area contributed by atoms with Crippen molar-refractivity contribution in [2.24, 2.45) is 0 Å². The number of nitrogens with one attached hydrogen (secondary N) is 2. The van der Waals surface area contributed by atoms with E-state index in [9.17, 15) is 9.59 Å². The topological polar surface area (TPSA) is 76.7 Å². The van der Waals surface area contributed by atoms with Gasteiger partial charge in [0.05, 0.1) is 13.2 Å². The fraction of sp³-hybridized carbons (Fsp3) is 0.636. The number of ether oxygens (including phenoxy) is 2. The second-order valence-corrected chi connectivity index (χ2v) is 6.93. The highest BCUT2D eigenvalue weighted by Crippen LogP contribution is 2.14. The minimum Gasteiger partial charge on any atom is -0.449 e. The quantitative estimate of drug-likeness (QED) is 0.344. The first-order valence-electron chi connectivity index (χ1n) is 10.6. The van der Waals surface area contributed by atoms with E-state index in [4.69, 9.17) is 9.47 Å². The molecule has 1 aromatic carbocycles. The molecule has 158 valence electrons. The van der Waals surface area contributed by atoms with Crippen molar-refractivity contribution in [3.8, 4) is 0 Å². The second-order valence-electron chi connectivity index (χ2n) is 6.93. The van der Waals surface area contributed by atoms with Crippen LogP contribution < -0.4 is 10.6 Å². The number of hydrogen-bond acceptors (Lipinski definition) is 4. The molecule has 0 unspecified atom stereocenters. The van der Waals surface area contributed by atoms with Gasteiger partial charge in [0.15, 0.2) is 0 Å².